The van der Waals surface area contributed by atoms with Crippen LogP contribution in [0.5, 0.6) is 5.75 Å². The molecule has 0 saturated heterocycles. The second-order valence-electron chi connectivity index (χ2n) is 4.26. The zero-order valence-electron chi connectivity index (χ0n) is 9.87. The molecule has 1 aromatic carbocycles. The van der Waals surface area contributed by atoms with Gasteiger partial charge >= 0.3 is 6.16 Å². The molecule has 0 aliphatic heterocycles. The fourth-order valence-electron chi connectivity index (χ4n) is 1.57. The van der Waals surface area contributed by atoms with E-state index in [9.17, 15) is 14.9 Å². The van der Waals surface area contributed by atoms with Crippen LogP contribution in [-0.4, -0.2) is 17.2 Å². The Hall–Kier alpha value is -2.11. The predicted molar refractivity (Wildman–Crippen MR) is 62.4 cm³/mol. The lowest BCUT2D eigenvalue weighted by molar-refractivity contribution is -0.384. The summed E-state index contributed by atoms with van der Waals surface area (Å²) in [6.07, 6.45) is 1.23. The molecular weight excluding hydrogens is 238 g/mol. The van der Waals surface area contributed by atoms with E-state index in [2.05, 4.69) is 0 Å². The number of benzene rings is 1. The van der Waals surface area contributed by atoms with E-state index in [0.717, 1.165) is 12.8 Å². The number of nitro benzene ring substituents is 1. The number of hydrogen-bond donors (Lipinski definition) is 0. The van der Waals surface area contributed by atoms with Gasteiger partial charge in [-0.15, -0.1) is 0 Å². The number of nitrogens with zero attached hydrogens (tertiary/aromatic N) is 1. The van der Waals surface area contributed by atoms with Crippen LogP contribution < -0.4 is 4.74 Å². The maximum Gasteiger partial charge on any atom is 0.514 e. The van der Waals surface area contributed by atoms with Crippen molar-refractivity contribution in [3.05, 3.63) is 34.4 Å². The Balaban J connectivity index is 1.88. The van der Waals surface area contributed by atoms with Crippen molar-refractivity contribution in [3.63, 3.8) is 0 Å². The molecule has 0 spiro atoms. The van der Waals surface area contributed by atoms with Gasteiger partial charge in [0, 0.05) is 12.1 Å². The molecule has 6 nitrogen and oxygen atoms in total. The quantitative estimate of drug-likeness (QED) is 0.356. The lowest BCUT2D eigenvalue weighted by Gasteiger charge is -2.11. The van der Waals surface area contributed by atoms with Crippen LogP contribution >= 0.6 is 0 Å². The zero-order chi connectivity index (χ0) is 13.1. The molecule has 1 atom stereocenters. The number of nitro groups is 1. The molecule has 2 rings (SSSR count). The maximum absolute atomic E-state index is 11.4. The monoisotopic (exact) mass is 251 g/mol. The normalized spacial score (nSPS) is 15.8. The van der Waals surface area contributed by atoms with Gasteiger partial charge in [0.2, 0.25) is 0 Å². The van der Waals surface area contributed by atoms with E-state index in [1.54, 1.807) is 0 Å². The summed E-state index contributed by atoms with van der Waals surface area (Å²) in [4.78, 5) is 21.3. The van der Waals surface area contributed by atoms with E-state index in [0.29, 0.717) is 5.92 Å². The predicted octanol–water partition coefficient (Wildman–Crippen LogP) is 2.91. The molecule has 1 aromatic rings. The van der Waals surface area contributed by atoms with E-state index in [4.69, 9.17) is 9.47 Å². The fourth-order valence-corrected chi connectivity index (χ4v) is 1.57. The Kier molecular flexibility index (Phi) is 3.45. The smallest absolute Gasteiger partial charge is 0.431 e. The molecule has 6 heteroatoms. The number of ether oxygens (including phenoxy) is 2. The molecule has 0 heterocycles. The molecule has 0 aromatic heterocycles. The lowest BCUT2D eigenvalue weighted by atomic mass is 10.3. The molecule has 1 aliphatic carbocycles. The molecule has 18 heavy (non-hydrogen) atoms. The standard InChI is InChI=1S/C12H13NO5/c1-8(9-2-3-9)17-12(14)18-11-6-4-10(5-7-11)13(15)16/h4-9H,2-3H2,1H3/t8-/m1/s1. The Morgan fingerprint density at radius 3 is 2.50 bits per heavy atom. The Morgan fingerprint density at radius 2 is 2.00 bits per heavy atom. The third kappa shape index (κ3) is 3.19. The molecular formula is C12H13NO5. The second kappa shape index (κ2) is 5.03. The minimum Gasteiger partial charge on any atom is -0.431 e. The van der Waals surface area contributed by atoms with Crippen LogP contribution in [0.3, 0.4) is 0 Å². The average Bonchev–Trinajstić information content (AvgIpc) is 3.13. The van der Waals surface area contributed by atoms with Crippen LogP contribution in [-0.2, 0) is 4.74 Å². The molecule has 0 bridgehead atoms. The minimum absolute atomic E-state index is 0.0536. The fraction of sp³-hybridized carbons (Fsp3) is 0.417. The van der Waals surface area contributed by atoms with Crippen molar-refractivity contribution in [2.75, 3.05) is 0 Å². The van der Waals surface area contributed by atoms with Gasteiger partial charge in [-0.1, -0.05) is 0 Å². The summed E-state index contributed by atoms with van der Waals surface area (Å²) in [5.41, 5.74) is -0.0536. The van der Waals surface area contributed by atoms with Crippen molar-refractivity contribution in [1.29, 1.82) is 0 Å². The molecule has 1 saturated carbocycles. The van der Waals surface area contributed by atoms with Crippen molar-refractivity contribution >= 4 is 11.8 Å². The van der Waals surface area contributed by atoms with Gasteiger partial charge in [0.1, 0.15) is 11.9 Å². The van der Waals surface area contributed by atoms with E-state index < -0.39 is 11.1 Å². The molecule has 96 valence electrons. The summed E-state index contributed by atoms with van der Waals surface area (Å²) >= 11 is 0. The first-order valence-electron chi connectivity index (χ1n) is 5.69. The van der Waals surface area contributed by atoms with Gasteiger partial charge in [-0.25, -0.2) is 4.79 Å². The summed E-state index contributed by atoms with van der Waals surface area (Å²) in [6.45, 7) is 1.83. The number of hydrogen-bond acceptors (Lipinski definition) is 5. The molecule has 0 amide bonds. The van der Waals surface area contributed by atoms with Gasteiger partial charge in [-0.05, 0) is 37.8 Å². The number of carbonyl (C=O) groups excluding carboxylic acids is 1. The molecule has 1 aliphatic rings. The first-order valence-corrected chi connectivity index (χ1v) is 5.69. The highest BCUT2D eigenvalue weighted by molar-refractivity contribution is 5.64. The number of non-ortho nitro benzene ring substituents is 1. The zero-order valence-corrected chi connectivity index (χ0v) is 9.87. The van der Waals surface area contributed by atoms with Gasteiger partial charge in [-0.2, -0.15) is 0 Å². The molecule has 0 radical (unpaired) electrons. The van der Waals surface area contributed by atoms with Crippen LogP contribution in [0, 0.1) is 16.0 Å². The van der Waals surface area contributed by atoms with Crippen molar-refractivity contribution in [1.82, 2.24) is 0 Å². The number of rotatable bonds is 4. The summed E-state index contributed by atoms with van der Waals surface area (Å²) in [5.74, 6) is 0.669. The Bertz CT molecular complexity index is 452. The lowest BCUT2D eigenvalue weighted by Crippen LogP contribution is -2.19. The van der Waals surface area contributed by atoms with Crippen molar-refractivity contribution in [3.8, 4) is 5.75 Å². The Labute approximate surface area is 104 Å². The summed E-state index contributed by atoms with van der Waals surface area (Å²) in [5, 5.41) is 10.4. The van der Waals surface area contributed by atoms with Crippen LogP contribution in [0.25, 0.3) is 0 Å². The van der Waals surface area contributed by atoms with Crippen molar-refractivity contribution in [2.24, 2.45) is 5.92 Å². The van der Waals surface area contributed by atoms with Crippen LogP contribution in [0.2, 0.25) is 0 Å². The van der Waals surface area contributed by atoms with Crippen molar-refractivity contribution < 1.29 is 19.2 Å². The van der Waals surface area contributed by atoms with E-state index in [1.165, 1.54) is 24.3 Å². The van der Waals surface area contributed by atoms with E-state index in [1.807, 2.05) is 6.92 Å². The van der Waals surface area contributed by atoms with Crippen molar-refractivity contribution in [2.45, 2.75) is 25.9 Å². The summed E-state index contributed by atoms with van der Waals surface area (Å²) in [6, 6.07) is 5.27. The van der Waals surface area contributed by atoms with Crippen LogP contribution in [0.15, 0.2) is 24.3 Å². The van der Waals surface area contributed by atoms with Crippen LogP contribution in [0.4, 0.5) is 10.5 Å². The van der Waals surface area contributed by atoms with Crippen LogP contribution in [0.1, 0.15) is 19.8 Å². The molecule has 0 unspecified atom stereocenters. The third-order valence-electron chi connectivity index (χ3n) is 2.82. The molecule has 1 fully saturated rings. The second-order valence-corrected chi connectivity index (χ2v) is 4.26. The van der Waals surface area contributed by atoms with Gasteiger partial charge in [-0.3, -0.25) is 10.1 Å². The number of carbonyl (C=O) groups is 1. The summed E-state index contributed by atoms with van der Waals surface area (Å²) in [7, 11) is 0. The Morgan fingerprint density at radius 1 is 1.39 bits per heavy atom. The van der Waals surface area contributed by atoms with Gasteiger partial charge in [0.15, 0.2) is 0 Å². The van der Waals surface area contributed by atoms with E-state index in [-0.39, 0.29) is 17.5 Å². The van der Waals surface area contributed by atoms with Gasteiger partial charge in [0.05, 0.1) is 4.92 Å². The SMILES string of the molecule is C[C@@H](OC(=O)Oc1ccc([N+](=O)[O-])cc1)C1CC1. The minimum atomic E-state index is -0.775. The summed E-state index contributed by atoms with van der Waals surface area (Å²) < 4.78 is 9.97. The third-order valence-corrected chi connectivity index (χ3v) is 2.82. The maximum atomic E-state index is 11.4. The van der Waals surface area contributed by atoms with E-state index >= 15 is 0 Å². The highest BCUT2D eigenvalue weighted by Crippen LogP contribution is 2.34. The largest absolute Gasteiger partial charge is 0.514 e. The molecule has 0 N–H and O–H groups in total. The van der Waals surface area contributed by atoms with Gasteiger partial charge in [0.25, 0.3) is 5.69 Å². The average molecular weight is 251 g/mol. The van der Waals surface area contributed by atoms with Gasteiger partial charge < -0.3 is 9.47 Å². The highest BCUT2D eigenvalue weighted by Gasteiger charge is 2.31. The first-order chi connectivity index (χ1) is 8.56. The topological polar surface area (TPSA) is 78.7 Å². The highest BCUT2D eigenvalue weighted by atomic mass is 16.7. The first kappa shape index (κ1) is 12.3.